The lowest BCUT2D eigenvalue weighted by atomic mass is 10.0. The van der Waals surface area contributed by atoms with E-state index in [1.54, 1.807) is 27.0 Å². The summed E-state index contributed by atoms with van der Waals surface area (Å²) in [6.45, 7) is 6.70. The number of allylic oxidation sites excluding steroid dienone is 1. The van der Waals surface area contributed by atoms with Gasteiger partial charge in [-0.3, -0.25) is 23.9 Å². The zero-order valence-corrected chi connectivity index (χ0v) is 33.3. The predicted molar refractivity (Wildman–Crippen MR) is 207 cm³/mol. The summed E-state index contributed by atoms with van der Waals surface area (Å²) in [5.41, 5.74) is -0.698. The Kier molecular flexibility index (Phi) is 10.9. The Morgan fingerprint density at radius 3 is 2.51 bits per heavy atom. The average molecular weight is 798 g/mol. The molecule has 5 atom stereocenters. The molecule has 3 N–H and O–H groups in total. The fourth-order valence-electron chi connectivity index (χ4n) is 8.00. The van der Waals surface area contributed by atoms with Crippen LogP contribution in [0, 0.1) is 5.92 Å². The molecule has 15 nitrogen and oxygen atoms in total. The number of fused-ring (bicyclic) bond motifs is 2. The fraction of sp³-hybridized carbons (Fsp3) is 0.632. The largest absolute Gasteiger partial charge is 0.444 e. The van der Waals surface area contributed by atoms with Gasteiger partial charge in [0.1, 0.15) is 23.2 Å². The van der Waals surface area contributed by atoms with Crippen LogP contribution in [0.5, 0.6) is 0 Å². The zero-order valence-electron chi connectivity index (χ0n) is 31.6. The van der Waals surface area contributed by atoms with Crippen LogP contribution in [0.3, 0.4) is 0 Å². The number of hydrogen-bond donors (Lipinski definition) is 3. The Labute approximate surface area is 325 Å². The first-order valence-corrected chi connectivity index (χ1v) is 21.9. The van der Waals surface area contributed by atoms with Gasteiger partial charge in [0.15, 0.2) is 0 Å². The van der Waals surface area contributed by atoms with E-state index in [0.29, 0.717) is 31.2 Å². The molecule has 7 rings (SSSR count). The van der Waals surface area contributed by atoms with Gasteiger partial charge in [-0.1, -0.05) is 25.0 Å². The number of thiophene rings is 1. The Bertz CT molecular complexity index is 2000. The van der Waals surface area contributed by atoms with Crippen LogP contribution < -0.4 is 25.8 Å². The van der Waals surface area contributed by atoms with Crippen LogP contribution in [0.1, 0.15) is 97.4 Å². The van der Waals surface area contributed by atoms with Crippen molar-refractivity contribution >= 4 is 50.9 Å². The molecule has 2 aromatic heterocycles. The monoisotopic (exact) mass is 797 g/mol. The maximum absolute atomic E-state index is 14.6. The predicted octanol–water partition coefficient (Wildman–Crippen LogP) is 3.61. The van der Waals surface area contributed by atoms with Crippen LogP contribution in [0.2, 0.25) is 0 Å². The van der Waals surface area contributed by atoms with Gasteiger partial charge in [0.25, 0.3) is 11.5 Å². The summed E-state index contributed by atoms with van der Waals surface area (Å²) in [6.07, 6.45) is 10.9. The molecule has 2 aromatic rings. The number of sulfonamides is 1. The molecule has 298 valence electrons. The second kappa shape index (κ2) is 15.4. The van der Waals surface area contributed by atoms with Crippen LogP contribution in [0.4, 0.5) is 10.5 Å². The van der Waals surface area contributed by atoms with Gasteiger partial charge in [-0.25, -0.2) is 17.9 Å². The van der Waals surface area contributed by atoms with Crippen LogP contribution in [0.25, 0.3) is 11.1 Å². The quantitative estimate of drug-likeness (QED) is 0.349. The van der Waals surface area contributed by atoms with E-state index in [-0.39, 0.29) is 31.4 Å². The van der Waals surface area contributed by atoms with E-state index in [1.165, 1.54) is 20.9 Å². The molecule has 17 heteroatoms. The summed E-state index contributed by atoms with van der Waals surface area (Å²) < 4.78 is 34.8. The molecule has 4 amide bonds. The van der Waals surface area contributed by atoms with Crippen LogP contribution in [0.15, 0.2) is 40.0 Å². The Morgan fingerprint density at radius 1 is 1.05 bits per heavy atom. The van der Waals surface area contributed by atoms with Crippen molar-refractivity contribution in [2.24, 2.45) is 5.92 Å². The van der Waals surface area contributed by atoms with Crippen LogP contribution in [-0.2, 0) is 29.1 Å². The van der Waals surface area contributed by atoms with Gasteiger partial charge in [-0.05, 0) is 89.0 Å². The number of nitrogens with one attached hydrogen (secondary N) is 3. The molecular formula is C38H51N7O8S2. The Balaban J connectivity index is 1.24. The van der Waals surface area contributed by atoms with Crippen LogP contribution >= 0.6 is 11.3 Å². The number of carbonyl (C=O) groups is 4. The molecule has 3 aliphatic heterocycles. The van der Waals surface area contributed by atoms with Gasteiger partial charge in [0, 0.05) is 37.5 Å². The van der Waals surface area contributed by atoms with E-state index in [2.05, 4.69) is 25.4 Å². The smallest absolute Gasteiger partial charge is 0.408 e. The number of nitrogens with zero attached hydrogens (tertiary/aromatic N) is 4. The molecule has 55 heavy (non-hydrogen) atoms. The number of alkyl carbamates (subject to hydrolysis) is 1. The van der Waals surface area contributed by atoms with E-state index in [1.807, 2.05) is 29.0 Å². The maximum Gasteiger partial charge on any atom is 0.408 e. The van der Waals surface area contributed by atoms with E-state index in [0.717, 1.165) is 50.0 Å². The molecule has 0 bridgehead atoms. The Morgan fingerprint density at radius 2 is 1.82 bits per heavy atom. The van der Waals surface area contributed by atoms with Crippen LogP contribution in [-0.4, -0.2) is 95.0 Å². The number of amides is 4. The van der Waals surface area contributed by atoms with Gasteiger partial charge in [-0.2, -0.15) is 16.4 Å². The second-order valence-corrected chi connectivity index (χ2v) is 19.2. The lowest BCUT2D eigenvalue weighted by Crippen LogP contribution is -2.58. The number of hydrogen-bond acceptors (Lipinski definition) is 11. The summed E-state index contributed by atoms with van der Waals surface area (Å²) in [7, 11) is -3.91. The van der Waals surface area contributed by atoms with E-state index in [9.17, 15) is 32.4 Å². The van der Waals surface area contributed by atoms with Crippen molar-refractivity contribution in [1.82, 2.24) is 30.0 Å². The number of aromatic nitrogens is 2. The average Bonchev–Trinajstić information content (AvgIpc) is 3.82. The first-order chi connectivity index (χ1) is 26.2. The standard InChI is InChI=1S/C38H51N7O8S2/c1-37(2,3)53-36(50)40-28-12-8-6-4-5-7-11-25-20-38(25,35(49)42-55(51,52)27-13-14-27)41-32(46)29-19-26(22-44(29)33(28)47)45-34(48)31(24-15-18-54-23-24)30(21-39-45)43-16-9-10-17-43/h7,11,15,18,21,23,25-29H,4-6,8-10,12-14,16-17,19-20,22H2,1-3H3,(H,40,50)(H,41,46)(H,42,49)/b11-7-/t25-,26?,28+,29+,38?/m1/s1. The molecule has 0 aromatic carbocycles. The fourth-order valence-corrected chi connectivity index (χ4v) is 10.0. The third-order valence-corrected chi connectivity index (χ3v) is 13.6. The lowest BCUT2D eigenvalue weighted by molar-refractivity contribution is -0.141. The zero-order chi connectivity index (χ0) is 39.1. The summed E-state index contributed by atoms with van der Waals surface area (Å²) in [4.78, 5) is 74.0. The van der Waals surface area contributed by atoms with Gasteiger partial charge in [0.05, 0.1) is 28.7 Å². The van der Waals surface area contributed by atoms with Gasteiger partial charge >= 0.3 is 6.09 Å². The third-order valence-electron chi connectivity index (χ3n) is 11.1. The van der Waals surface area contributed by atoms with E-state index < -0.39 is 74.3 Å². The summed E-state index contributed by atoms with van der Waals surface area (Å²) >= 11 is 1.48. The molecular weight excluding hydrogens is 747 g/mol. The second-order valence-electron chi connectivity index (χ2n) is 16.5. The SMILES string of the molecule is CC(C)(C)OC(=O)N[C@H]1CCCCC/C=C\[C@@H]2CC2(C(=O)NS(=O)(=O)C2CC2)NC(=O)[C@@H]2CC(n3ncc(N4CCCC4)c(-c4ccsc4)c3=O)CN2C1=O. The van der Waals surface area contributed by atoms with Crippen molar-refractivity contribution in [3.05, 3.63) is 45.5 Å². The Hall–Kier alpha value is -4.25. The molecule has 5 heterocycles. The van der Waals surface area contributed by atoms with Gasteiger partial charge < -0.3 is 25.2 Å². The molecule has 2 unspecified atom stereocenters. The van der Waals surface area contributed by atoms with Crippen molar-refractivity contribution in [2.45, 2.75) is 126 Å². The minimum atomic E-state index is -3.91. The first-order valence-electron chi connectivity index (χ1n) is 19.4. The number of rotatable bonds is 7. The number of carbonyl (C=O) groups excluding carboxylic acids is 4. The number of anilines is 1. The van der Waals surface area contributed by atoms with Gasteiger partial charge in [-0.15, -0.1) is 0 Å². The van der Waals surface area contributed by atoms with Crippen molar-refractivity contribution in [3.8, 4) is 11.1 Å². The molecule has 2 aliphatic carbocycles. The molecule has 2 saturated heterocycles. The molecule has 0 spiro atoms. The molecule has 2 saturated carbocycles. The van der Waals surface area contributed by atoms with Gasteiger partial charge in [0.2, 0.25) is 21.8 Å². The van der Waals surface area contributed by atoms with E-state index >= 15 is 0 Å². The summed E-state index contributed by atoms with van der Waals surface area (Å²) in [5.74, 6) is -2.44. The highest BCUT2D eigenvalue weighted by Crippen LogP contribution is 2.46. The first kappa shape index (κ1) is 39.0. The molecule has 4 fully saturated rings. The summed E-state index contributed by atoms with van der Waals surface area (Å²) in [6, 6.07) is -1.05. The summed E-state index contributed by atoms with van der Waals surface area (Å²) in [5, 5.41) is 13.4. The minimum Gasteiger partial charge on any atom is -0.444 e. The van der Waals surface area contributed by atoms with Crippen molar-refractivity contribution in [2.75, 3.05) is 24.5 Å². The van der Waals surface area contributed by atoms with Crippen molar-refractivity contribution < 1.29 is 32.3 Å². The maximum atomic E-state index is 14.6. The highest BCUT2D eigenvalue weighted by molar-refractivity contribution is 7.91. The normalized spacial score (nSPS) is 28.3. The minimum absolute atomic E-state index is 0.00560. The molecule has 5 aliphatic rings. The highest BCUT2D eigenvalue weighted by atomic mass is 32.2. The van der Waals surface area contributed by atoms with Crippen molar-refractivity contribution in [3.63, 3.8) is 0 Å². The lowest BCUT2D eigenvalue weighted by Gasteiger charge is -2.30. The highest BCUT2D eigenvalue weighted by Gasteiger charge is 2.62. The topological polar surface area (TPSA) is 189 Å². The molecule has 0 radical (unpaired) electrons. The van der Waals surface area contributed by atoms with Crippen molar-refractivity contribution in [1.29, 1.82) is 0 Å². The number of ether oxygens (including phenoxy) is 1. The van der Waals surface area contributed by atoms with E-state index in [4.69, 9.17) is 4.74 Å². The third kappa shape index (κ3) is 8.47.